The van der Waals surface area contributed by atoms with Crippen LogP contribution in [-0.2, 0) is 6.54 Å². The van der Waals surface area contributed by atoms with Gasteiger partial charge in [0.2, 0.25) is 0 Å². The summed E-state index contributed by atoms with van der Waals surface area (Å²) >= 11 is 0. The summed E-state index contributed by atoms with van der Waals surface area (Å²) in [5, 5.41) is 17.3. The van der Waals surface area contributed by atoms with Gasteiger partial charge in [0.05, 0.1) is 18.0 Å². The maximum atomic E-state index is 10.4. The second-order valence-corrected chi connectivity index (χ2v) is 4.86. The van der Waals surface area contributed by atoms with Crippen LogP contribution < -0.4 is 11.1 Å². The predicted molar refractivity (Wildman–Crippen MR) is 68.3 cm³/mol. The Bertz CT molecular complexity index is 445. The highest BCUT2D eigenvalue weighted by Gasteiger charge is 2.10. The van der Waals surface area contributed by atoms with Crippen molar-refractivity contribution >= 4 is 11.6 Å². The van der Waals surface area contributed by atoms with Gasteiger partial charge in [-0.1, -0.05) is 0 Å². The molecule has 1 aromatic rings. The van der Waals surface area contributed by atoms with Gasteiger partial charge >= 0.3 is 5.69 Å². The van der Waals surface area contributed by atoms with Crippen molar-refractivity contribution in [3.63, 3.8) is 0 Å². The molecule has 100 valence electrons. The van der Waals surface area contributed by atoms with Crippen molar-refractivity contribution in [1.82, 2.24) is 15.1 Å². The number of nitro groups is 1. The Kier molecular flexibility index (Phi) is 4.24. The third kappa shape index (κ3) is 4.81. The second-order valence-electron chi connectivity index (χ2n) is 4.86. The van der Waals surface area contributed by atoms with Crippen molar-refractivity contribution < 1.29 is 4.92 Å². The standard InChI is InChI=1S/C10H18N6O2/c1-10(2,3)14-9(11)12-4-5-15-7-8(6-13-15)16(17)18/h6-7H,4-5H2,1-3H3,(H3,11,12,14). The summed E-state index contributed by atoms with van der Waals surface area (Å²) in [5.74, 6) is 0.351. The average molecular weight is 254 g/mol. The minimum absolute atomic E-state index is 0.0280. The number of hydrogen-bond acceptors (Lipinski definition) is 4. The quantitative estimate of drug-likeness (QED) is 0.351. The van der Waals surface area contributed by atoms with E-state index in [2.05, 4.69) is 15.4 Å². The molecule has 1 aromatic heterocycles. The SMILES string of the molecule is CC(C)(C)NC(N)=NCCn1cc([N+](=O)[O-])cn1. The Morgan fingerprint density at radius 2 is 2.33 bits per heavy atom. The van der Waals surface area contributed by atoms with Crippen LogP contribution in [0.5, 0.6) is 0 Å². The van der Waals surface area contributed by atoms with Gasteiger partial charge in [0.15, 0.2) is 5.96 Å². The highest BCUT2D eigenvalue weighted by molar-refractivity contribution is 5.78. The number of aromatic nitrogens is 2. The van der Waals surface area contributed by atoms with Crippen molar-refractivity contribution in [3.05, 3.63) is 22.5 Å². The smallest absolute Gasteiger partial charge is 0.306 e. The minimum Gasteiger partial charge on any atom is -0.370 e. The van der Waals surface area contributed by atoms with Crippen molar-refractivity contribution in [3.8, 4) is 0 Å². The summed E-state index contributed by atoms with van der Waals surface area (Å²) in [5.41, 5.74) is 5.51. The van der Waals surface area contributed by atoms with Crippen LogP contribution >= 0.6 is 0 Å². The Hall–Kier alpha value is -2.12. The van der Waals surface area contributed by atoms with Gasteiger partial charge in [-0.3, -0.25) is 19.8 Å². The fourth-order valence-electron chi connectivity index (χ4n) is 1.27. The number of nitrogens with two attached hydrogens (primary N) is 1. The van der Waals surface area contributed by atoms with Crippen LogP contribution in [0, 0.1) is 10.1 Å². The molecule has 1 rings (SSSR count). The third-order valence-corrected chi connectivity index (χ3v) is 1.94. The Morgan fingerprint density at radius 3 is 2.83 bits per heavy atom. The first kappa shape index (κ1) is 13.9. The molecule has 0 unspecified atom stereocenters. The van der Waals surface area contributed by atoms with Gasteiger partial charge < -0.3 is 11.1 Å². The topological polar surface area (TPSA) is 111 Å². The van der Waals surface area contributed by atoms with Gasteiger partial charge in [0.1, 0.15) is 12.4 Å². The summed E-state index contributed by atoms with van der Waals surface area (Å²) in [6.45, 7) is 6.79. The van der Waals surface area contributed by atoms with E-state index in [1.54, 1.807) is 0 Å². The summed E-state index contributed by atoms with van der Waals surface area (Å²) < 4.78 is 1.46. The van der Waals surface area contributed by atoms with Crippen LogP contribution in [0.2, 0.25) is 0 Å². The number of hydrogen-bond donors (Lipinski definition) is 2. The van der Waals surface area contributed by atoms with Crippen molar-refractivity contribution in [1.29, 1.82) is 0 Å². The van der Waals surface area contributed by atoms with Gasteiger partial charge in [0, 0.05) is 5.54 Å². The molecule has 0 atom stereocenters. The molecule has 0 radical (unpaired) electrons. The fraction of sp³-hybridized carbons (Fsp3) is 0.600. The van der Waals surface area contributed by atoms with Crippen LogP contribution in [-0.4, -0.2) is 32.7 Å². The maximum absolute atomic E-state index is 10.4. The molecule has 0 aliphatic heterocycles. The fourth-order valence-corrected chi connectivity index (χ4v) is 1.27. The number of nitrogens with zero attached hydrogens (tertiary/aromatic N) is 4. The molecule has 0 fully saturated rings. The molecule has 0 bridgehead atoms. The van der Waals surface area contributed by atoms with Gasteiger partial charge in [-0.2, -0.15) is 5.10 Å². The Morgan fingerprint density at radius 1 is 1.67 bits per heavy atom. The molecule has 1 heterocycles. The molecule has 18 heavy (non-hydrogen) atoms. The van der Waals surface area contributed by atoms with Gasteiger partial charge in [-0.15, -0.1) is 0 Å². The monoisotopic (exact) mass is 254 g/mol. The lowest BCUT2D eigenvalue weighted by atomic mass is 10.1. The van der Waals surface area contributed by atoms with Crippen LogP contribution in [0.3, 0.4) is 0 Å². The van der Waals surface area contributed by atoms with E-state index in [0.29, 0.717) is 19.0 Å². The van der Waals surface area contributed by atoms with E-state index in [9.17, 15) is 10.1 Å². The van der Waals surface area contributed by atoms with Gasteiger partial charge in [-0.25, -0.2) is 0 Å². The molecule has 0 aliphatic carbocycles. The molecule has 0 aromatic carbocycles. The van der Waals surface area contributed by atoms with Crippen molar-refractivity contribution in [2.75, 3.05) is 6.54 Å². The molecule has 0 saturated carbocycles. The first-order valence-corrected chi connectivity index (χ1v) is 5.53. The number of rotatable bonds is 4. The summed E-state index contributed by atoms with van der Waals surface area (Å²) in [6, 6.07) is 0. The lowest BCUT2D eigenvalue weighted by Crippen LogP contribution is -2.45. The third-order valence-electron chi connectivity index (χ3n) is 1.94. The normalized spacial score (nSPS) is 12.5. The van der Waals surface area contributed by atoms with Crippen molar-refractivity contribution in [2.24, 2.45) is 10.7 Å². The van der Waals surface area contributed by atoms with Crippen LogP contribution in [0.15, 0.2) is 17.4 Å². The van der Waals surface area contributed by atoms with E-state index in [1.165, 1.54) is 17.1 Å². The first-order valence-electron chi connectivity index (χ1n) is 5.53. The van der Waals surface area contributed by atoms with Crippen LogP contribution in [0.4, 0.5) is 5.69 Å². The molecular formula is C10H18N6O2. The minimum atomic E-state index is -0.484. The summed E-state index contributed by atoms with van der Waals surface area (Å²) in [7, 11) is 0. The van der Waals surface area contributed by atoms with Crippen LogP contribution in [0.25, 0.3) is 0 Å². The molecule has 3 N–H and O–H groups in total. The van der Waals surface area contributed by atoms with Gasteiger partial charge in [0.25, 0.3) is 0 Å². The largest absolute Gasteiger partial charge is 0.370 e. The lowest BCUT2D eigenvalue weighted by molar-refractivity contribution is -0.385. The lowest BCUT2D eigenvalue weighted by Gasteiger charge is -2.20. The zero-order valence-electron chi connectivity index (χ0n) is 10.8. The van der Waals surface area contributed by atoms with E-state index in [4.69, 9.17) is 5.73 Å². The second kappa shape index (κ2) is 5.48. The number of guanidine groups is 1. The highest BCUT2D eigenvalue weighted by atomic mass is 16.6. The van der Waals surface area contributed by atoms with Gasteiger partial charge in [-0.05, 0) is 20.8 Å². The van der Waals surface area contributed by atoms with Crippen molar-refractivity contribution in [2.45, 2.75) is 32.9 Å². The van der Waals surface area contributed by atoms with E-state index in [0.717, 1.165) is 0 Å². The number of aliphatic imine (C=N–C) groups is 1. The average Bonchev–Trinajstić information content (AvgIpc) is 2.63. The van der Waals surface area contributed by atoms with Crippen LogP contribution in [0.1, 0.15) is 20.8 Å². The zero-order chi connectivity index (χ0) is 13.8. The molecule has 8 nitrogen and oxygen atoms in total. The van der Waals surface area contributed by atoms with E-state index in [1.807, 2.05) is 20.8 Å². The summed E-state index contributed by atoms with van der Waals surface area (Å²) in [4.78, 5) is 14.1. The predicted octanol–water partition coefficient (Wildman–Crippen LogP) is 0.494. The highest BCUT2D eigenvalue weighted by Crippen LogP contribution is 2.07. The maximum Gasteiger partial charge on any atom is 0.306 e. The molecular weight excluding hydrogens is 236 g/mol. The van der Waals surface area contributed by atoms with E-state index >= 15 is 0 Å². The first-order chi connectivity index (χ1) is 8.28. The number of nitrogens with one attached hydrogen (secondary N) is 1. The molecule has 8 heteroatoms. The molecule has 0 saturated heterocycles. The summed E-state index contributed by atoms with van der Waals surface area (Å²) in [6.07, 6.45) is 2.57. The van der Waals surface area contributed by atoms with E-state index < -0.39 is 4.92 Å². The molecule has 0 spiro atoms. The zero-order valence-corrected chi connectivity index (χ0v) is 10.8. The molecule has 0 amide bonds. The van der Waals surface area contributed by atoms with E-state index in [-0.39, 0.29) is 11.2 Å². The molecule has 0 aliphatic rings. The Labute approximate surface area is 105 Å². The Balaban J connectivity index is 2.45.